The molecular weight excluding hydrogens is 282 g/mol. The normalized spacial score (nSPS) is 11.6. The highest BCUT2D eigenvalue weighted by Crippen LogP contribution is 2.31. The maximum Gasteiger partial charge on any atom is 0.331 e. The second-order valence-corrected chi connectivity index (χ2v) is 4.97. The van der Waals surface area contributed by atoms with Gasteiger partial charge in [-0.2, -0.15) is 13.8 Å². The minimum atomic E-state index is -3.15. The van der Waals surface area contributed by atoms with E-state index in [0.717, 1.165) is 25.7 Å². The summed E-state index contributed by atoms with van der Waals surface area (Å²) in [6.45, 7) is 5.34. The molecule has 0 amide bonds. The third kappa shape index (κ3) is 5.61. The van der Waals surface area contributed by atoms with Gasteiger partial charge in [0.2, 0.25) is 11.7 Å². The average molecular weight is 302 g/mol. The van der Waals surface area contributed by atoms with Crippen molar-refractivity contribution in [2.24, 2.45) is 0 Å². The van der Waals surface area contributed by atoms with Gasteiger partial charge in [0.1, 0.15) is 0 Å². The van der Waals surface area contributed by atoms with Crippen LogP contribution in [-0.4, -0.2) is 21.2 Å². The van der Waals surface area contributed by atoms with E-state index in [1.807, 2.05) is 0 Å². The quantitative estimate of drug-likeness (QED) is 0.526. The Balaban J connectivity index is 2.53. The lowest BCUT2D eigenvalue weighted by Crippen LogP contribution is -2.15. The van der Waals surface area contributed by atoms with E-state index in [1.54, 1.807) is 0 Å². The van der Waals surface area contributed by atoms with E-state index >= 15 is 0 Å². The first-order chi connectivity index (χ1) is 9.86. The van der Waals surface area contributed by atoms with Gasteiger partial charge in [-0.1, -0.05) is 44.3 Å². The summed E-state index contributed by atoms with van der Waals surface area (Å²) in [7, 11) is 0. The van der Waals surface area contributed by atoms with E-state index < -0.39 is 17.7 Å². The third-order valence-corrected chi connectivity index (χ3v) is 3.06. The van der Waals surface area contributed by atoms with Crippen molar-refractivity contribution >= 4 is 5.97 Å². The van der Waals surface area contributed by atoms with Gasteiger partial charge in [0.05, 0.1) is 6.42 Å². The van der Waals surface area contributed by atoms with Crippen LogP contribution in [0.3, 0.4) is 0 Å². The SMILES string of the molecule is C=C(Cc1nc(C(F)(F)CCCCCCC)no1)C(=O)O. The van der Waals surface area contributed by atoms with Crippen molar-refractivity contribution in [1.82, 2.24) is 10.1 Å². The van der Waals surface area contributed by atoms with Gasteiger partial charge >= 0.3 is 11.9 Å². The molecule has 0 saturated heterocycles. The smallest absolute Gasteiger partial charge is 0.331 e. The lowest BCUT2D eigenvalue weighted by molar-refractivity contribution is -0.132. The fourth-order valence-corrected chi connectivity index (χ4v) is 1.80. The number of aliphatic carboxylic acids is 1. The van der Waals surface area contributed by atoms with Crippen LogP contribution < -0.4 is 0 Å². The van der Waals surface area contributed by atoms with Crippen LogP contribution in [0.1, 0.15) is 57.2 Å². The number of aromatic nitrogens is 2. The number of alkyl halides is 2. The molecule has 0 unspecified atom stereocenters. The zero-order chi connectivity index (χ0) is 15.9. The molecule has 0 aliphatic carbocycles. The monoisotopic (exact) mass is 302 g/mol. The number of hydrogen-bond donors (Lipinski definition) is 1. The fourth-order valence-electron chi connectivity index (χ4n) is 1.80. The molecule has 0 spiro atoms. The van der Waals surface area contributed by atoms with Gasteiger partial charge in [-0.15, -0.1) is 0 Å². The van der Waals surface area contributed by atoms with E-state index in [0.29, 0.717) is 6.42 Å². The molecule has 1 N–H and O–H groups in total. The van der Waals surface area contributed by atoms with E-state index in [-0.39, 0.29) is 24.3 Å². The van der Waals surface area contributed by atoms with Crippen molar-refractivity contribution in [3.8, 4) is 0 Å². The molecule has 0 aliphatic heterocycles. The molecule has 1 aromatic rings. The van der Waals surface area contributed by atoms with E-state index in [4.69, 9.17) is 5.11 Å². The molecule has 0 bridgehead atoms. The highest BCUT2D eigenvalue weighted by Gasteiger charge is 2.36. The van der Waals surface area contributed by atoms with Crippen molar-refractivity contribution in [1.29, 1.82) is 0 Å². The standard InChI is InChI=1S/C14H20F2N2O3/c1-3-4-5-6-7-8-14(15,16)13-17-11(21-18-13)9-10(2)12(19)20/h2-9H2,1H3,(H,19,20). The molecule has 0 saturated carbocycles. The number of carboxylic acids is 1. The summed E-state index contributed by atoms with van der Waals surface area (Å²) in [5.74, 6) is -5.23. The maximum absolute atomic E-state index is 13.9. The molecule has 1 rings (SSSR count). The van der Waals surface area contributed by atoms with Crippen molar-refractivity contribution in [3.63, 3.8) is 0 Å². The maximum atomic E-state index is 13.9. The van der Waals surface area contributed by atoms with Crippen LogP contribution in [0.15, 0.2) is 16.7 Å². The van der Waals surface area contributed by atoms with Gasteiger partial charge in [0.15, 0.2) is 0 Å². The van der Waals surface area contributed by atoms with Crippen molar-refractivity contribution < 1.29 is 23.2 Å². The number of hydrogen-bond acceptors (Lipinski definition) is 4. The highest BCUT2D eigenvalue weighted by atomic mass is 19.3. The minimum absolute atomic E-state index is 0.164. The average Bonchev–Trinajstić information content (AvgIpc) is 2.87. The Hall–Kier alpha value is -1.79. The second kappa shape index (κ2) is 7.85. The summed E-state index contributed by atoms with van der Waals surface area (Å²) in [5.41, 5.74) is -0.187. The van der Waals surface area contributed by atoms with E-state index in [9.17, 15) is 13.6 Å². The molecule has 0 fully saturated rings. The van der Waals surface area contributed by atoms with Gasteiger partial charge in [0, 0.05) is 12.0 Å². The van der Waals surface area contributed by atoms with Crippen LogP contribution in [0.25, 0.3) is 0 Å². The molecule has 0 atom stereocenters. The number of carboxylic acid groups (broad SMARTS) is 1. The topological polar surface area (TPSA) is 76.2 Å². The van der Waals surface area contributed by atoms with Crippen LogP contribution in [0.2, 0.25) is 0 Å². The molecule has 1 heterocycles. The zero-order valence-corrected chi connectivity index (χ0v) is 12.1. The summed E-state index contributed by atoms with van der Waals surface area (Å²) in [4.78, 5) is 14.2. The van der Waals surface area contributed by atoms with Crippen molar-refractivity contribution in [2.45, 2.75) is 57.8 Å². The van der Waals surface area contributed by atoms with Gasteiger partial charge in [-0.05, 0) is 6.42 Å². The van der Waals surface area contributed by atoms with Gasteiger partial charge in [-0.3, -0.25) is 0 Å². The first-order valence-electron chi connectivity index (χ1n) is 6.98. The summed E-state index contributed by atoms with van der Waals surface area (Å²) < 4.78 is 32.4. The molecule has 5 nitrogen and oxygen atoms in total. The van der Waals surface area contributed by atoms with Crippen LogP contribution in [0, 0.1) is 0 Å². The number of carbonyl (C=O) groups is 1. The lowest BCUT2D eigenvalue weighted by Gasteiger charge is -2.11. The van der Waals surface area contributed by atoms with Crippen LogP contribution in [0.4, 0.5) is 8.78 Å². The summed E-state index contributed by atoms with van der Waals surface area (Å²) in [5, 5.41) is 11.9. The third-order valence-electron chi connectivity index (χ3n) is 3.06. The Morgan fingerprint density at radius 2 is 2.00 bits per heavy atom. The van der Waals surface area contributed by atoms with Gasteiger partial charge < -0.3 is 9.63 Å². The zero-order valence-electron chi connectivity index (χ0n) is 12.1. The molecule has 0 aliphatic rings. The number of rotatable bonds is 10. The first kappa shape index (κ1) is 17.3. The number of nitrogens with zero attached hydrogens (tertiary/aromatic N) is 2. The Morgan fingerprint density at radius 3 is 2.62 bits per heavy atom. The first-order valence-corrected chi connectivity index (χ1v) is 6.98. The molecule has 1 aromatic heterocycles. The molecular formula is C14H20F2N2O3. The Morgan fingerprint density at radius 1 is 1.33 bits per heavy atom. The Bertz CT molecular complexity index is 486. The fraction of sp³-hybridized carbons (Fsp3) is 0.643. The summed E-state index contributed by atoms with van der Waals surface area (Å²) >= 11 is 0. The summed E-state index contributed by atoms with van der Waals surface area (Å²) in [6, 6.07) is 0. The van der Waals surface area contributed by atoms with Crippen LogP contribution in [-0.2, 0) is 17.1 Å². The largest absolute Gasteiger partial charge is 0.478 e. The molecule has 21 heavy (non-hydrogen) atoms. The number of unbranched alkanes of at least 4 members (excludes halogenated alkanes) is 4. The highest BCUT2D eigenvalue weighted by molar-refractivity contribution is 5.86. The lowest BCUT2D eigenvalue weighted by atomic mass is 10.1. The number of halogens is 2. The van der Waals surface area contributed by atoms with Gasteiger partial charge in [0.25, 0.3) is 0 Å². The molecule has 7 heteroatoms. The summed E-state index contributed by atoms with van der Waals surface area (Å²) in [6.07, 6.45) is 3.57. The molecule has 0 aromatic carbocycles. The van der Waals surface area contributed by atoms with Crippen molar-refractivity contribution in [2.75, 3.05) is 0 Å². The molecule has 0 radical (unpaired) electrons. The van der Waals surface area contributed by atoms with Crippen LogP contribution >= 0.6 is 0 Å². The predicted octanol–water partition coefficient (Wildman–Crippen LogP) is 3.71. The minimum Gasteiger partial charge on any atom is -0.478 e. The van der Waals surface area contributed by atoms with E-state index in [2.05, 4.69) is 28.2 Å². The van der Waals surface area contributed by atoms with Crippen molar-refractivity contribution in [3.05, 3.63) is 23.9 Å². The Kier molecular flexibility index (Phi) is 6.45. The van der Waals surface area contributed by atoms with Gasteiger partial charge in [-0.25, -0.2) is 4.79 Å². The van der Waals surface area contributed by atoms with Crippen LogP contribution in [0.5, 0.6) is 0 Å². The predicted molar refractivity (Wildman–Crippen MR) is 72.0 cm³/mol. The second-order valence-electron chi connectivity index (χ2n) is 4.97. The Labute approximate surface area is 122 Å². The van der Waals surface area contributed by atoms with E-state index in [1.165, 1.54) is 0 Å². The molecule has 118 valence electrons.